The van der Waals surface area contributed by atoms with E-state index < -0.39 is 0 Å². The quantitative estimate of drug-likeness (QED) is 0.832. The molecule has 2 rings (SSSR count). The van der Waals surface area contributed by atoms with Gasteiger partial charge in [0.1, 0.15) is 5.75 Å². The number of hydrogen-bond acceptors (Lipinski definition) is 3. The molecular formula is C12H13BrN2O. The molecular weight excluding hydrogens is 268 g/mol. The largest absolute Gasteiger partial charge is 0.506 e. The first-order valence-electron chi connectivity index (χ1n) is 5.38. The molecule has 1 aromatic rings. The second-order valence-electron chi connectivity index (χ2n) is 4.01. The molecule has 3 nitrogen and oxygen atoms in total. The van der Waals surface area contributed by atoms with Crippen LogP contribution < -0.4 is 5.32 Å². The van der Waals surface area contributed by atoms with Crippen molar-refractivity contribution in [2.75, 3.05) is 6.54 Å². The van der Waals surface area contributed by atoms with E-state index in [-0.39, 0.29) is 11.8 Å². The van der Waals surface area contributed by atoms with Crippen molar-refractivity contribution >= 4 is 15.9 Å². The number of benzene rings is 1. The molecule has 1 fully saturated rings. The lowest BCUT2D eigenvalue weighted by atomic mass is 9.95. The fourth-order valence-corrected chi connectivity index (χ4v) is 2.54. The highest BCUT2D eigenvalue weighted by molar-refractivity contribution is 9.10. The minimum Gasteiger partial charge on any atom is -0.506 e. The summed E-state index contributed by atoms with van der Waals surface area (Å²) in [6.07, 6.45) is 3.34. The van der Waals surface area contributed by atoms with E-state index in [0.29, 0.717) is 10.0 Å². The van der Waals surface area contributed by atoms with Gasteiger partial charge in [0.05, 0.1) is 16.1 Å². The van der Waals surface area contributed by atoms with Crippen molar-refractivity contribution in [2.24, 2.45) is 0 Å². The van der Waals surface area contributed by atoms with Gasteiger partial charge in [0.25, 0.3) is 0 Å². The van der Waals surface area contributed by atoms with Crippen LogP contribution in [0.1, 0.15) is 36.4 Å². The lowest BCUT2D eigenvalue weighted by Gasteiger charge is -2.25. The number of nitriles is 1. The third-order valence-corrected chi connectivity index (χ3v) is 3.51. The second kappa shape index (κ2) is 4.86. The van der Waals surface area contributed by atoms with Gasteiger partial charge in [0.15, 0.2) is 0 Å². The van der Waals surface area contributed by atoms with E-state index in [1.165, 1.54) is 6.42 Å². The Labute approximate surface area is 103 Å². The third-order valence-electron chi connectivity index (χ3n) is 2.91. The predicted octanol–water partition coefficient (Wildman–Crippen LogP) is 2.84. The van der Waals surface area contributed by atoms with Crippen LogP contribution in [0.25, 0.3) is 0 Å². The summed E-state index contributed by atoms with van der Waals surface area (Å²) in [5.41, 5.74) is 1.40. The zero-order valence-electron chi connectivity index (χ0n) is 8.83. The smallest absolute Gasteiger partial charge is 0.134 e. The molecule has 4 heteroatoms. The second-order valence-corrected chi connectivity index (χ2v) is 4.86. The van der Waals surface area contributed by atoms with Crippen molar-refractivity contribution in [1.82, 2.24) is 5.32 Å². The Morgan fingerprint density at radius 1 is 1.44 bits per heavy atom. The summed E-state index contributed by atoms with van der Waals surface area (Å²) in [7, 11) is 0. The van der Waals surface area contributed by atoms with Crippen molar-refractivity contribution < 1.29 is 5.11 Å². The van der Waals surface area contributed by atoms with Gasteiger partial charge in [-0.05, 0) is 47.4 Å². The van der Waals surface area contributed by atoms with Gasteiger partial charge in [-0.2, -0.15) is 5.26 Å². The normalized spacial score (nSPS) is 20.4. The van der Waals surface area contributed by atoms with Crippen LogP contribution in [0.4, 0.5) is 0 Å². The van der Waals surface area contributed by atoms with E-state index in [1.807, 2.05) is 0 Å². The van der Waals surface area contributed by atoms with Crippen LogP contribution in [-0.2, 0) is 0 Å². The minimum atomic E-state index is 0.165. The van der Waals surface area contributed by atoms with E-state index in [4.69, 9.17) is 5.26 Å². The molecule has 0 unspecified atom stereocenters. The monoisotopic (exact) mass is 280 g/mol. The molecule has 0 amide bonds. The van der Waals surface area contributed by atoms with E-state index in [2.05, 4.69) is 27.3 Å². The third kappa shape index (κ3) is 2.21. The summed E-state index contributed by atoms with van der Waals surface area (Å²) in [6, 6.07) is 5.68. The van der Waals surface area contributed by atoms with Crippen LogP contribution in [0.2, 0.25) is 0 Å². The zero-order valence-corrected chi connectivity index (χ0v) is 10.4. The summed E-state index contributed by atoms with van der Waals surface area (Å²) < 4.78 is 0.592. The Morgan fingerprint density at radius 3 is 2.88 bits per heavy atom. The van der Waals surface area contributed by atoms with Crippen molar-refractivity contribution in [3.8, 4) is 11.8 Å². The lowest BCUT2D eigenvalue weighted by molar-refractivity contribution is 0.390. The van der Waals surface area contributed by atoms with Crippen LogP contribution in [-0.4, -0.2) is 11.7 Å². The Bertz CT molecular complexity index is 433. The Balaban J connectivity index is 2.38. The maximum Gasteiger partial charge on any atom is 0.134 e. The van der Waals surface area contributed by atoms with Crippen LogP contribution >= 0.6 is 15.9 Å². The van der Waals surface area contributed by atoms with Gasteiger partial charge in [-0.15, -0.1) is 0 Å². The van der Waals surface area contributed by atoms with Gasteiger partial charge < -0.3 is 10.4 Å². The molecule has 1 aromatic carbocycles. The first-order valence-corrected chi connectivity index (χ1v) is 6.17. The molecule has 0 spiro atoms. The topological polar surface area (TPSA) is 56.0 Å². The highest BCUT2D eigenvalue weighted by Gasteiger charge is 2.20. The maximum atomic E-state index is 9.97. The van der Waals surface area contributed by atoms with E-state index in [0.717, 1.165) is 24.9 Å². The Kier molecular flexibility index (Phi) is 3.47. The molecule has 0 aromatic heterocycles. The molecule has 0 radical (unpaired) electrons. The number of phenols is 1. The molecule has 1 heterocycles. The molecule has 1 saturated heterocycles. The lowest BCUT2D eigenvalue weighted by Crippen LogP contribution is -2.26. The molecule has 0 saturated carbocycles. The van der Waals surface area contributed by atoms with Gasteiger partial charge in [-0.1, -0.05) is 6.42 Å². The zero-order chi connectivity index (χ0) is 11.5. The van der Waals surface area contributed by atoms with Crippen molar-refractivity contribution in [3.05, 3.63) is 27.7 Å². The maximum absolute atomic E-state index is 9.97. The number of aromatic hydroxyl groups is 1. The van der Waals surface area contributed by atoms with E-state index in [1.54, 1.807) is 12.1 Å². The molecule has 84 valence electrons. The summed E-state index contributed by atoms with van der Waals surface area (Å²) in [6.45, 7) is 0.971. The molecule has 2 N–H and O–H groups in total. The molecule has 16 heavy (non-hydrogen) atoms. The van der Waals surface area contributed by atoms with Crippen LogP contribution in [0.3, 0.4) is 0 Å². The number of piperidine rings is 1. The minimum absolute atomic E-state index is 0.165. The van der Waals surface area contributed by atoms with Gasteiger partial charge >= 0.3 is 0 Å². The molecule has 0 aliphatic carbocycles. The van der Waals surface area contributed by atoms with Crippen molar-refractivity contribution in [3.63, 3.8) is 0 Å². The van der Waals surface area contributed by atoms with E-state index >= 15 is 0 Å². The first-order chi connectivity index (χ1) is 7.72. The fraction of sp³-hybridized carbons (Fsp3) is 0.417. The number of nitrogens with one attached hydrogen (secondary N) is 1. The Hall–Kier alpha value is -1.05. The summed E-state index contributed by atoms with van der Waals surface area (Å²) in [4.78, 5) is 0. The number of nitrogens with zero attached hydrogens (tertiary/aromatic N) is 1. The van der Waals surface area contributed by atoms with Crippen LogP contribution in [0, 0.1) is 11.3 Å². The summed E-state index contributed by atoms with van der Waals surface area (Å²) in [5, 5.41) is 22.2. The van der Waals surface area contributed by atoms with Gasteiger partial charge in [0, 0.05) is 11.6 Å². The molecule has 1 aliphatic rings. The van der Waals surface area contributed by atoms with Crippen molar-refractivity contribution in [2.45, 2.75) is 25.3 Å². The van der Waals surface area contributed by atoms with Crippen LogP contribution in [0.5, 0.6) is 5.75 Å². The standard InChI is InChI=1S/C12H13BrN2O/c13-10-6-8(7-14)5-9(12(10)16)11-3-1-2-4-15-11/h5-6,11,15-16H,1-4H2/t11-/m0/s1. The van der Waals surface area contributed by atoms with E-state index in [9.17, 15) is 5.11 Å². The SMILES string of the molecule is N#Cc1cc(Br)c(O)c([C@@H]2CCCCN2)c1. The van der Waals surface area contributed by atoms with Crippen molar-refractivity contribution in [1.29, 1.82) is 5.26 Å². The predicted molar refractivity (Wildman–Crippen MR) is 65.1 cm³/mol. The average Bonchev–Trinajstić information content (AvgIpc) is 2.33. The van der Waals surface area contributed by atoms with Gasteiger partial charge in [0.2, 0.25) is 0 Å². The number of hydrogen-bond donors (Lipinski definition) is 2. The first kappa shape index (κ1) is 11.4. The number of phenolic OH excluding ortho intramolecular Hbond substituents is 1. The number of halogens is 1. The fourth-order valence-electron chi connectivity index (χ4n) is 2.07. The molecule has 1 aliphatic heterocycles. The number of rotatable bonds is 1. The Morgan fingerprint density at radius 2 is 2.25 bits per heavy atom. The van der Waals surface area contributed by atoms with Gasteiger partial charge in [-0.3, -0.25) is 0 Å². The molecule has 0 bridgehead atoms. The highest BCUT2D eigenvalue weighted by atomic mass is 79.9. The van der Waals surface area contributed by atoms with Crippen LogP contribution in [0.15, 0.2) is 16.6 Å². The van der Waals surface area contributed by atoms with Gasteiger partial charge in [-0.25, -0.2) is 0 Å². The molecule has 1 atom stereocenters. The highest BCUT2D eigenvalue weighted by Crippen LogP contribution is 2.36. The summed E-state index contributed by atoms with van der Waals surface area (Å²) >= 11 is 3.28. The average molecular weight is 281 g/mol. The summed E-state index contributed by atoms with van der Waals surface area (Å²) in [5.74, 6) is 0.249.